The third kappa shape index (κ3) is 2.29. The van der Waals surface area contributed by atoms with Crippen LogP contribution in [0.15, 0.2) is 48.5 Å². The van der Waals surface area contributed by atoms with Crippen molar-refractivity contribution in [2.75, 3.05) is 7.11 Å². The van der Waals surface area contributed by atoms with E-state index >= 15 is 0 Å². The molecule has 15 heavy (non-hydrogen) atoms. The summed E-state index contributed by atoms with van der Waals surface area (Å²) < 4.78 is 10.8. The lowest BCUT2D eigenvalue weighted by Crippen LogP contribution is -1.89. The molecule has 1 radical (unpaired) electrons. The van der Waals surface area contributed by atoms with Crippen molar-refractivity contribution < 1.29 is 9.47 Å². The number of methoxy groups -OCH3 is 1. The highest BCUT2D eigenvalue weighted by Gasteiger charge is 2.03. The topological polar surface area (TPSA) is 18.5 Å². The number of para-hydroxylation sites is 2. The molecule has 0 aliphatic heterocycles. The maximum Gasteiger partial charge on any atom is 0.177 e. The Kier molecular flexibility index (Phi) is 2.88. The monoisotopic (exact) mass is 199 g/mol. The Bertz CT molecular complexity index is 424. The van der Waals surface area contributed by atoms with Gasteiger partial charge in [0.1, 0.15) is 5.75 Å². The number of benzene rings is 2. The molecule has 0 spiro atoms. The van der Waals surface area contributed by atoms with E-state index in [0.29, 0.717) is 11.5 Å². The molecule has 0 aromatic heterocycles. The van der Waals surface area contributed by atoms with E-state index in [1.807, 2.05) is 42.5 Å². The van der Waals surface area contributed by atoms with Crippen LogP contribution in [0.5, 0.6) is 17.2 Å². The summed E-state index contributed by atoms with van der Waals surface area (Å²) in [5.41, 5.74) is 0. The number of ether oxygens (including phenoxy) is 2. The molecule has 2 rings (SSSR count). The smallest absolute Gasteiger partial charge is 0.177 e. The standard InChI is InChI=1S/C13H11O2/c1-14-12-9-5-6-10-13(12)15-11-7-3-2-4-8-11/h2-9H,1H3. The van der Waals surface area contributed by atoms with Crippen molar-refractivity contribution in [2.24, 2.45) is 0 Å². The first-order chi connectivity index (χ1) is 7.40. The third-order valence-corrected chi connectivity index (χ3v) is 1.97. The highest BCUT2D eigenvalue weighted by atomic mass is 16.5. The van der Waals surface area contributed by atoms with Crippen molar-refractivity contribution in [1.82, 2.24) is 0 Å². The summed E-state index contributed by atoms with van der Waals surface area (Å²) in [6.07, 6.45) is 0. The lowest BCUT2D eigenvalue weighted by molar-refractivity contribution is 0.378. The quantitative estimate of drug-likeness (QED) is 0.755. The highest BCUT2D eigenvalue weighted by molar-refractivity contribution is 5.41. The molecule has 0 unspecified atom stereocenters. The van der Waals surface area contributed by atoms with Crippen molar-refractivity contribution >= 4 is 0 Å². The number of hydrogen-bond acceptors (Lipinski definition) is 2. The summed E-state index contributed by atoms with van der Waals surface area (Å²) in [5, 5.41) is 0. The van der Waals surface area contributed by atoms with Gasteiger partial charge in [-0.2, -0.15) is 0 Å². The fraction of sp³-hybridized carbons (Fsp3) is 0.0769. The minimum Gasteiger partial charge on any atom is -0.493 e. The molecule has 0 atom stereocenters. The van der Waals surface area contributed by atoms with Crippen molar-refractivity contribution in [3.63, 3.8) is 0 Å². The first kappa shape index (κ1) is 9.59. The first-order valence-corrected chi connectivity index (χ1v) is 4.68. The van der Waals surface area contributed by atoms with Gasteiger partial charge < -0.3 is 9.47 Å². The summed E-state index contributed by atoms with van der Waals surface area (Å²) in [5.74, 6) is 2.06. The molecule has 0 heterocycles. The Hall–Kier alpha value is -1.96. The van der Waals surface area contributed by atoms with Gasteiger partial charge in [-0.25, -0.2) is 0 Å². The Balaban J connectivity index is 2.24. The first-order valence-electron chi connectivity index (χ1n) is 4.68. The Labute approximate surface area is 89.1 Å². The van der Waals surface area contributed by atoms with E-state index in [1.165, 1.54) is 0 Å². The second kappa shape index (κ2) is 4.51. The van der Waals surface area contributed by atoms with Gasteiger partial charge in [0.05, 0.1) is 7.11 Å². The van der Waals surface area contributed by atoms with E-state index in [4.69, 9.17) is 9.47 Å². The van der Waals surface area contributed by atoms with Crippen LogP contribution in [0, 0.1) is 6.07 Å². The number of hydrogen-bond donors (Lipinski definition) is 0. The largest absolute Gasteiger partial charge is 0.493 e. The van der Waals surface area contributed by atoms with Gasteiger partial charge in [-0.15, -0.1) is 0 Å². The van der Waals surface area contributed by atoms with Crippen LogP contribution in [-0.4, -0.2) is 7.11 Å². The lowest BCUT2D eigenvalue weighted by Gasteiger charge is -2.08. The summed E-state index contributed by atoms with van der Waals surface area (Å²) >= 11 is 0. The minimum absolute atomic E-state index is 0.603. The summed E-state index contributed by atoms with van der Waals surface area (Å²) in [7, 11) is 1.61. The fourth-order valence-corrected chi connectivity index (χ4v) is 1.25. The lowest BCUT2D eigenvalue weighted by atomic mass is 10.3. The molecule has 2 heteroatoms. The van der Waals surface area contributed by atoms with E-state index in [1.54, 1.807) is 13.2 Å². The molecule has 2 nitrogen and oxygen atoms in total. The van der Waals surface area contributed by atoms with Crippen molar-refractivity contribution in [3.05, 3.63) is 54.6 Å². The van der Waals surface area contributed by atoms with Crippen molar-refractivity contribution in [3.8, 4) is 17.2 Å². The van der Waals surface area contributed by atoms with Crippen LogP contribution < -0.4 is 9.47 Å². The molecule has 0 fully saturated rings. The zero-order valence-electron chi connectivity index (χ0n) is 8.44. The maximum absolute atomic E-state index is 5.62. The molecule has 75 valence electrons. The molecular formula is C13H11O2. The van der Waals surface area contributed by atoms with Crippen LogP contribution in [-0.2, 0) is 0 Å². The molecule has 2 aromatic carbocycles. The van der Waals surface area contributed by atoms with Gasteiger partial charge in [0, 0.05) is 6.07 Å². The molecule has 0 aliphatic carbocycles. The van der Waals surface area contributed by atoms with E-state index in [-0.39, 0.29) is 0 Å². The zero-order chi connectivity index (χ0) is 10.5. The molecule has 0 saturated carbocycles. The van der Waals surface area contributed by atoms with E-state index in [0.717, 1.165) is 5.75 Å². The van der Waals surface area contributed by atoms with E-state index in [9.17, 15) is 0 Å². The second-order valence-corrected chi connectivity index (χ2v) is 2.98. The summed E-state index contributed by atoms with van der Waals surface area (Å²) in [6.45, 7) is 0. The normalized spacial score (nSPS) is 9.67. The Morgan fingerprint density at radius 3 is 2.53 bits per heavy atom. The minimum atomic E-state index is 0.603. The summed E-state index contributed by atoms with van der Waals surface area (Å²) in [6, 6.07) is 18.0. The van der Waals surface area contributed by atoms with Crippen LogP contribution in [0.25, 0.3) is 0 Å². The van der Waals surface area contributed by atoms with Gasteiger partial charge in [0.15, 0.2) is 11.5 Å². The third-order valence-electron chi connectivity index (χ3n) is 1.97. The SMILES string of the molecule is COc1ccc[c]c1Oc1ccccc1. The fourth-order valence-electron chi connectivity index (χ4n) is 1.25. The van der Waals surface area contributed by atoms with Gasteiger partial charge in [-0.05, 0) is 18.2 Å². The average molecular weight is 199 g/mol. The Morgan fingerprint density at radius 1 is 1.00 bits per heavy atom. The average Bonchev–Trinajstić information content (AvgIpc) is 2.31. The van der Waals surface area contributed by atoms with Crippen LogP contribution in [0.2, 0.25) is 0 Å². The zero-order valence-corrected chi connectivity index (χ0v) is 8.44. The van der Waals surface area contributed by atoms with E-state index in [2.05, 4.69) is 6.07 Å². The second-order valence-electron chi connectivity index (χ2n) is 2.98. The van der Waals surface area contributed by atoms with Gasteiger partial charge in [0.2, 0.25) is 0 Å². The predicted molar refractivity (Wildman–Crippen MR) is 58.3 cm³/mol. The van der Waals surface area contributed by atoms with Gasteiger partial charge >= 0.3 is 0 Å². The maximum atomic E-state index is 5.62. The van der Waals surface area contributed by atoms with Crippen LogP contribution >= 0.6 is 0 Å². The molecule has 0 saturated heterocycles. The molecule has 2 aromatic rings. The van der Waals surface area contributed by atoms with E-state index < -0.39 is 0 Å². The molecule has 0 N–H and O–H groups in total. The van der Waals surface area contributed by atoms with Crippen molar-refractivity contribution in [2.45, 2.75) is 0 Å². The highest BCUT2D eigenvalue weighted by Crippen LogP contribution is 2.29. The van der Waals surface area contributed by atoms with Crippen molar-refractivity contribution in [1.29, 1.82) is 0 Å². The molecule has 0 bridgehead atoms. The van der Waals surface area contributed by atoms with Gasteiger partial charge in [-0.1, -0.05) is 30.3 Å². The van der Waals surface area contributed by atoms with Crippen LogP contribution in [0.4, 0.5) is 0 Å². The predicted octanol–water partition coefficient (Wildman–Crippen LogP) is 3.29. The van der Waals surface area contributed by atoms with Crippen LogP contribution in [0.1, 0.15) is 0 Å². The van der Waals surface area contributed by atoms with Gasteiger partial charge in [0.25, 0.3) is 0 Å². The molecule has 0 amide bonds. The molecular weight excluding hydrogens is 188 g/mol. The Morgan fingerprint density at radius 2 is 1.80 bits per heavy atom. The van der Waals surface area contributed by atoms with Crippen LogP contribution in [0.3, 0.4) is 0 Å². The summed E-state index contributed by atoms with van der Waals surface area (Å²) in [4.78, 5) is 0. The molecule has 0 aliphatic rings. The van der Waals surface area contributed by atoms with Gasteiger partial charge in [-0.3, -0.25) is 0 Å². The number of rotatable bonds is 3.